The van der Waals surface area contributed by atoms with Gasteiger partial charge in [0.1, 0.15) is 16.6 Å². The number of nitrogens with two attached hydrogens (primary N) is 1. The summed E-state index contributed by atoms with van der Waals surface area (Å²) in [4.78, 5) is 20.2. The summed E-state index contributed by atoms with van der Waals surface area (Å²) in [6.07, 6.45) is 1.10. The Morgan fingerprint density at radius 1 is 1.06 bits per heavy atom. The second-order valence-corrected chi connectivity index (χ2v) is 8.88. The Balaban J connectivity index is 1.98. The maximum absolute atomic E-state index is 12.1. The number of nitrogens with one attached hydrogen (secondary N) is 2. The predicted molar refractivity (Wildman–Crippen MR) is 122 cm³/mol. The van der Waals surface area contributed by atoms with E-state index in [-0.39, 0.29) is 33.2 Å². The molecule has 0 amide bonds. The number of aromatic nitrogens is 2. The molecular weight excluding hydrogens is 458 g/mol. The van der Waals surface area contributed by atoms with E-state index in [0.29, 0.717) is 17.0 Å². The number of nitrogens with zero attached hydrogens (tertiary/aromatic N) is 2. The van der Waals surface area contributed by atoms with Gasteiger partial charge in [0.05, 0.1) is 36.1 Å². The van der Waals surface area contributed by atoms with Gasteiger partial charge in [0.2, 0.25) is 5.95 Å². The number of sulfone groups is 1. The minimum atomic E-state index is -3.51. The number of ether oxygens (including phenoxy) is 2. The molecule has 32 heavy (non-hydrogen) atoms. The van der Waals surface area contributed by atoms with Gasteiger partial charge in [-0.05, 0) is 30.3 Å². The number of hydrogen-bond acceptors (Lipinski definition) is 10. The van der Waals surface area contributed by atoms with Crippen molar-refractivity contribution in [1.82, 2.24) is 9.97 Å². The molecule has 10 nitrogen and oxygen atoms in total. The van der Waals surface area contributed by atoms with Crippen LogP contribution in [0.4, 0.5) is 29.0 Å². The first-order chi connectivity index (χ1) is 15.1. The van der Waals surface area contributed by atoms with Crippen LogP contribution < -0.4 is 21.1 Å². The normalized spacial score (nSPS) is 11.0. The topological polar surface area (TPSA) is 146 Å². The minimum Gasteiger partial charge on any atom is -0.495 e. The lowest BCUT2D eigenvalue weighted by Gasteiger charge is -2.15. The highest BCUT2D eigenvalue weighted by Gasteiger charge is 2.18. The smallest absolute Gasteiger partial charge is 0.337 e. The van der Waals surface area contributed by atoms with E-state index in [9.17, 15) is 13.2 Å². The minimum absolute atomic E-state index is 0.0202. The number of para-hydroxylation sites is 1. The standard InChI is InChI=1S/C20H20ClN5O5S/c1-30-14-10-11(19(27)31-2)8-9-12(14)24-20-25-17(22)16(21)18(26-20)23-13-6-4-5-7-15(13)32(3,28)29/h4-10H,1-3H3,(H4,22,23,24,25,26). The molecule has 0 aliphatic heterocycles. The maximum Gasteiger partial charge on any atom is 0.337 e. The number of methoxy groups -OCH3 is 2. The Kier molecular flexibility index (Phi) is 6.70. The molecule has 0 aliphatic rings. The van der Waals surface area contributed by atoms with Crippen molar-refractivity contribution in [2.24, 2.45) is 0 Å². The molecule has 1 aromatic heterocycles. The van der Waals surface area contributed by atoms with Gasteiger partial charge in [-0.1, -0.05) is 23.7 Å². The third-order valence-corrected chi connectivity index (χ3v) is 5.81. The zero-order valence-corrected chi connectivity index (χ0v) is 18.9. The summed E-state index contributed by atoms with van der Waals surface area (Å²) in [6, 6.07) is 10.9. The van der Waals surface area contributed by atoms with Crippen molar-refractivity contribution in [3.05, 3.63) is 53.1 Å². The largest absolute Gasteiger partial charge is 0.495 e. The summed E-state index contributed by atoms with van der Waals surface area (Å²) < 4.78 is 34.2. The summed E-state index contributed by atoms with van der Waals surface area (Å²) >= 11 is 6.25. The molecule has 0 bridgehead atoms. The Labute approximate surface area is 189 Å². The van der Waals surface area contributed by atoms with Gasteiger partial charge in [-0.25, -0.2) is 13.2 Å². The molecule has 2 aromatic carbocycles. The third-order valence-electron chi connectivity index (χ3n) is 4.29. The molecule has 0 atom stereocenters. The fraction of sp³-hybridized carbons (Fsp3) is 0.150. The monoisotopic (exact) mass is 477 g/mol. The van der Waals surface area contributed by atoms with E-state index in [1.807, 2.05) is 0 Å². The van der Waals surface area contributed by atoms with E-state index in [0.717, 1.165) is 6.26 Å². The fourth-order valence-corrected chi connectivity index (χ4v) is 3.76. The first-order valence-corrected chi connectivity index (χ1v) is 11.3. The van der Waals surface area contributed by atoms with Crippen LogP contribution in [-0.2, 0) is 14.6 Å². The van der Waals surface area contributed by atoms with Crippen LogP contribution in [0.5, 0.6) is 5.75 Å². The van der Waals surface area contributed by atoms with Crippen molar-refractivity contribution in [3.8, 4) is 5.75 Å². The molecule has 1 heterocycles. The molecule has 4 N–H and O–H groups in total. The van der Waals surface area contributed by atoms with Crippen LogP contribution >= 0.6 is 11.6 Å². The number of esters is 1. The van der Waals surface area contributed by atoms with Crippen molar-refractivity contribution in [3.63, 3.8) is 0 Å². The van der Waals surface area contributed by atoms with E-state index in [1.165, 1.54) is 32.4 Å². The molecule has 3 aromatic rings. The number of carbonyl (C=O) groups is 1. The zero-order chi connectivity index (χ0) is 23.5. The summed E-state index contributed by atoms with van der Waals surface area (Å²) in [5.74, 6) is -0.0493. The van der Waals surface area contributed by atoms with Gasteiger partial charge in [0.15, 0.2) is 15.7 Å². The SMILES string of the molecule is COC(=O)c1ccc(Nc2nc(N)c(Cl)c(Nc3ccccc3S(C)(=O)=O)n2)c(OC)c1. The lowest BCUT2D eigenvalue weighted by Crippen LogP contribution is -2.08. The molecule has 0 aliphatic carbocycles. The summed E-state index contributed by atoms with van der Waals surface area (Å²) in [7, 11) is -0.790. The van der Waals surface area contributed by atoms with E-state index in [4.69, 9.17) is 26.8 Å². The lowest BCUT2D eigenvalue weighted by atomic mass is 10.2. The van der Waals surface area contributed by atoms with E-state index in [2.05, 4.69) is 20.6 Å². The zero-order valence-electron chi connectivity index (χ0n) is 17.3. The van der Waals surface area contributed by atoms with Crippen LogP contribution in [0.3, 0.4) is 0 Å². The molecule has 0 fully saturated rings. The number of carbonyl (C=O) groups excluding carboxylic acids is 1. The summed E-state index contributed by atoms with van der Waals surface area (Å²) in [5, 5.41) is 5.87. The van der Waals surface area contributed by atoms with Crippen molar-refractivity contribution in [2.75, 3.05) is 36.8 Å². The van der Waals surface area contributed by atoms with Crippen molar-refractivity contribution in [2.45, 2.75) is 4.90 Å². The average molecular weight is 478 g/mol. The number of nitrogen functional groups attached to an aromatic ring is 1. The van der Waals surface area contributed by atoms with Crippen molar-refractivity contribution >= 4 is 56.4 Å². The van der Waals surface area contributed by atoms with Gasteiger partial charge < -0.3 is 25.8 Å². The van der Waals surface area contributed by atoms with Gasteiger partial charge in [0.25, 0.3) is 0 Å². The molecule has 3 rings (SSSR count). The first-order valence-electron chi connectivity index (χ1n) is 9.06. The van der Waals surface area contributed by atoms with Crippen LogP contribution in [0.15, 0.2) is 47.4 Å². The number of hydrogen-bond donors (Lipinski definition) is 3. The Morgan fingerprint density at radius 2 is 1.78 bits per heavy atom. The lowest BCUT2D eigenvalue weighted by molar-refractivity contribution is 0.0600. The van der Waals surface area contributed by atoms with Crippen LogP contribution in [0.25, 0.3) is 0 Å². The summed E-state index contributed by atoms with van der Waals surface area (Å²) in [5.41, 5.74) is 6.96. The molecule has 0 unspecified atom stereocenters. The van der Waals surface area contributed by atoms with E-state index in [1.54, 1.807) is 24.3 Å². The molecular formula is C20H20ClN5O5S. The van der Waals surface area contributed by atoms with Gasteiger partial charge in [-0.2, -0.15) is 9.97 Å². The fourth-order valence-electron chi connectivity index (χ4n) is 2.78. The molecule has 0 saturated heterocycles. The summed E-state index contributed by atoms with van der Waals surface area (Å²) in [6.45, 7) is 0. The van der Waals surface area contributed by atoms with Gasteiger partial charge >= 0.3 is 5.97 Å². The number of benzene rings is 2. The Hall–Kier alpha value is -3.57. The molecule has 168 valence electrons. The second kappa shape index (κ2) is 9.28. The highest BCUT2D eigenvalue weighted by molar-refractivity contribution is 7.90. The highest BCUT2D eigenvalue weighted by atomic mass is 35.5. The number of anilines is 5. The van der Waals surface area contributed by atoms with Crippen molar-refractivity contribution in [1.29, 1.82) is 0 Å². The van der Waals surface area contributed by atoms with E-state index >= 15 is 0 Å². The maximum atomic E-state index is 12.1. The third kappa shape index (κ3) is 5.01. The highest BCUT2D eigenvalue weighted by Crippen LogP contribution is 2.33. The first kappa shape index (κ1) is 23.1. The molecule has 0 saturated carbocycles. The van der Waals surface area contributed by atoms with Gasteiger partial charge in [-0.15, -0.1) is 0 Å². The average Bonchev–Trinajstić information content (AvgIpc) is 2.76. The Morgan fingerprint density at radius 3 is 2.44 bits per heavy atom. The van der Waals surface area contributed by atoms with Crippen LogP contribution in [0.2, 0.25) is 5.02 Å². The quantitative estimate of drug-likeness (QED) is 0.432. The molecule has 0 spiro atoms. The van der Waals surface area contributed by atoms with Gasteiger partial charge in [0, 0.05) is 6.26 Å². The van der Waals surface area contributed by atoms with Crippen LogP contribution in [0.1, 0.15) is 10.4 Å². The second-order valence-electron chi connectivity index (χ2n) is 6.52. The Bertz CT molecular complexity index is 1280. The van der Waals surface area contributed by atoms with E-state index < -0.39 is 15.8 Å². The number of halogens is 1. The molecule has 0 radical (unpaired) electrons. The van der Waals surface area contributed by atoms with Gasteiger partial charge in [-0.3, -0.25) is 0 Å². The predicted octanol–water partition coefficient (Wildman–Crippen LogP) is 3.40. The van der Waals surface area contributed by atoms with Crippen LogP contribution in [-0.4, -0.2) is 44.8 Å². The van der Waals surface area contributed by atoms with Crippen molar-refractivity contribution < 1.29 is 22.7 Å². The number of rotatable bonds is 7. The van der Waals surface area contributed by atoms with Crippen LogP contribution in [0, 0.1) is 0 Å². The molecule has 12 heteroatoms.